The van der Waals surface area contributed by atoms with E-state index in [-0.39, 0.29) is 12.5 Å². The zero-order chi connectivity index (χ0) is 23.5. The first kappa shape index (κ1) is 25.2. The Morgan fingerprint density at radius 1 is 1.09 bits per heavy atom. The standard InChI is InChI=1S/C25H31ClN2O5/c26-20-10-8-18(9-11-20)12-13-27-25(31)23(29)22-7-3-4-14-32-15-16-33-17-19-5-1-2-6-21(19)24(30)28-22/h1-2,5-6,8-11,22-23,29H,3-4,7,12-17H2,(H,27,31)(H,28,30)/t22-,23?/m0/s1. The number of aliphatic hydroxyl groups is 1. The van der Waals surface area contributed by atoms with Crippen LogP contribution in [0.3, 0.4) is 0 Å². The van der Waals surface area contributed by atoms with Crippen LogP contribution in [0.25, 0.3) is 0 Å². The zero-order valence-electron chi connectivity index (χ0n) is 18.6. The molecule has 33 heavy (non-hydrogen) atoms. The second-order valence-electron chi connectivity index (χ2n) is 8.01. The summed E-state index contributed by atoms with van der Waals surface area (Å²) in [7, 11) is 0. The van der Waals surface area contributed by atoms with E-state index in [1.54, 1.807) is 24.3 Å². The molecule has 0 radical (unpaired) electrons. The van der Waals surface area contributed by atoms with Crippen LogP contribution in [0, 0.1) is 0 Å². The quantitative estimate of drug-likeness (QED) is 0.619. The van der Waals surface area contributed by atoms with Crippen molar-refractivity contribution in [3.8, 4) is 0 Å². The van der Waals surface area contributed by atoms with E-state index in [1.807, 2.05) is 24.3 Å². The van der Waals surface area contributed by atoms with Crippen molar-refractivity contribution in [2.45, 2.75) is 44.4 Å². The first-order valence-electron chi connectivity index (χ1n) is 11.3. The van der Waals surface area contributed by atoms with Crippen molar-refractivity contribution in [1.29, 1.82) is 0 Å². The summed E-state index contributed by atoms with van der Waals surface area (Å²) in [6.45, 7) is 2.14. The Labute approximate surface area is 199 Å². The molecule has 0 aliphatic carbocycles. The van der Waals surface area contributed by atoms with Crippen molar-refractivity contribution < 1.29 is 24.2 Å². The van der Waals surface area contributed by atoms with E-state index in [2.05, 4.69) is 10.6 Å². The van der Waals surface area contributed by atoms with Crippen LogP contribution >= 0.6 is 11.6 Å². The SMILES string of the molecule is O=C1N[C@H](C(O)C(=O)NCCc2ccc(Cl)cc2)CCCCOCCOCc2ccccc21. The highest BCUT2D eigenvalue weighted by molar-refractivity contribution is 6.30. The maximum absolute atomic E-state index is 13.0. The van der Waals surface area contributed by atoms with Crippen LogP contribution in [0.1, 0.15) is 40.7 Å². The summed E-state index contributed by atoms with van der Waals surface area (Å²) in [6, 6.07) is 13.8. The van der Waals surface area contributed by atoms with E-state index >= 15 is 0 Å². The van der Waals surface area contributed by atoms with E-state index in [0.717, 1.165) is 17.5 Å². The van der Waals surface area contributed by atoms with Gasteiger partial charge in [0, 0.05) is 23.7 Å². The Kier molecular flexibility index (Phi) is 10.2. The second kappa shape index (κ2) is 13.3. The number of amides is 2. The highest BCUT2D eigenvalue weighted by Gasteiger charge is 2.28. The van der Waals surface area contributed by atoms with Gasteiger partial charge in [0.25, 0.3) is 11.8 Å². The van der Waals surface area contributed by atoms with Crippen LogP contribution in [0.2, 0.25) is 5.02 Å². The van der Waals surface area contributed by atoms with Crippen molar-refractivity contribution in [1.82, 2.24) is 10.6 Å². The minimum absolute atomic E-state index is 0.283. The molecule has 1 unspecified atom stereocenters. The number of halogens is 1. The number of nitrogens with one attached hydrogen (secondary N) is 2. The van der Waals surface area contributed by atoms with Crippen molar-refractivity contribution in [3.63, 3.8) is 0 Å². The summed E-state index contributed by atoms with van der Waals surface area (Å²) in [5.41, 5.74) is 2.24. The van der Waals surface area contributed by atoms with Crippen molar-refractivity contribution in [3.05, 3.63) is 70.2 Å². The largest absolute Gasteiger partial charge is 0.381 e. The molecule has 3 N–H and O–H groups in total. The second-order valence-corrected chi connectivity index (χ2v) is 8.45. The predicted octanol–water partition coefficient (Wildman–Crippen LogP) is 2.88. The van der Waals surface area contributed by atoms with Gasteiger partial charge in [-0.2, -0.15) is 0 Å². The minimum atomic E-state index is -1.36. The highest BCUT2D eigenvalue weighted by atomic mass is 35.5. The lowest BCUT2D eigenvalue weighted by Gasteiger charge is -2.24. The maximum atomic E-state index is 13.0. The van der Waals surface area contributed by atoms with Crippen LogP contribution in [-0.2, 0) is 27.3 Å². The molecule has 1 aliphatic heterocycles. The third-order valence-electron chi connectivity index (χ3n) is 5.54. The lowest BCUT2D eigenvalue weighted by molar-refractivity contribution is -0.130. The van der Waals surface area contributed by atoms with Gasteiger partial charge in [-0.1, -0.05) is 41.9 Å². The van der Waals surface area contributed by atoms with Crippen LogP contribution < -0.4 is 10.6 Å². The van der Waals surface area contributed by atoms with Gasteiger partial charge in [-0.05, 0) is 55.0 Å². The van der Waals surface area contributed by atoms with E-state index in [9.17, 15) is 14.7 Å². The third kappa shape index (κ3) is 8.12. The molecule has 0 aromatic heterocycles. The molecule has 1 aliphatic rings. The number of benzene rings is 2. The lowest BCUT2D eigenvalue weighted by atomic mass is 10.0. The number of hydrogen-bond donors (Lipinski definition) is 3. The topological polar surface area (TPSA) is 96.9 Å². The molecule has 0 spiro atoms. The molecule has 8 heteroatoms. The summed E-state index contributed by atoms with van der Waals surface area (Å²) < 4.78 is 11.2. The number of aliphatic hydroxyl groups excluding tert-OH is 1. The average Bonchev–Trinajstić information content (AvgIpc) is 2.82. The van der Waals surface area contributed by atoms with Gasteiger partial charge >= 0.3 is 0 Å². The Bertz CT molecular complexity index is 906. The Morgan fingerprint density at radius 2 is 1.85 bits per heavy atom. The van der Waals surface area contributed by atoms with Gasteiger partial charge in [-0.25, -0.2) is 0 Å². The third-order valence-corrected chi connectivity index (χ3v) is 5.79. The van der Waals surface area contributed by atoms with Gasteiger partial charge in [0.15, 0.2) is 6.10 Å². The molecular formula is C25H31ClN2O5. The summed E-state index contributed by atoms with van der Waals surface area (Å²) in [4.78, 5) is 25.6. The molecule has 2 amide bonds. The van der Waals surface area contributed by atoms with E-state index in [1.165, 1.54) is 0 Å². The summed E-state index contributed by atoms with van der Waals surface area (Å²) in [6.07, 6.45) is 1.16. The molecule has 7 nitrogen and oxygen atoms in total. The summed E-state index contributed by atoms with van der Waals surface area (Å²) in [5, 5.41) is 17.0. The Hall–Kier alpha value is -2.45. The molecule has 2 atom stereocenters. The van der Waals surface area contributed by atoms with Gasteiger partial charge in [-0.15, -0.1) is 0 Å². The molecule has 2 aromatic rings. The van der Waals surface area contributed by atoms with E-state index in [0.29, 0.717) is 56.2 Å². The van der Waals surface area contributed by atoms with Gasteiger partial charge in [-0.3, -0.25) is 9.59 Å². The fourth-order valence-electron chi connectivity index (χ4n) is 3.66. The number of fused-ring (bicyclic) bond motifs is 1. The molecule has 0 saturated carbocycles. The molecule has 2 aromatic carbocycles. The van der Waals surface area contributed by atoms with Crippen molar-refractivity contribution in [2.75, 3.05) is 26.4 Å². The van der Waals surface area contributed by atoms with E-state index < -0.39 is 18.1 Å². The highest BCUT2D eigenvalue weighted by Crippen LogP contribution is 2.14. The van der Waals surface area contributed by atoms with Crippen LogP contribution in [0.15, 0.2) is 48.5 Å². The predicted molar refractivity (Wildman–Crippen MR) is 126 cm³/mol. The fourth-order valence-corrected chi connectivity index (χ4v) is 3.79. The average molecular weight is 475 g/mol. The Morgan fingerprint density at radius 3 is 2.67 bits per heavy atom. The van der Waals surface area contributed by atoms with Gasteiger partial charge in [0.05, 0.1) is 25.9 Å². The minimum Gasteiger partial charge on any atom is -0.381 e. The zero-order valence-corrected chi connectivity index (χ0v) is 19.4. The molecule has 0 bridgehead atoms. The van der Waals surface area contributed by atoms with Gasteiger partial charge < -0.3 is 25.2 Å². The fraction of sp³-hybridized carbons (Fsp3) is 0.440. The van der Waals surface area contributed by atoms with Crippen LogP contribution in [0.4, 0.5) is 0 Å². The van der Waals surface area contributed by atoms with Gasteiger partial charge in [0.1, 0.15) is 0 Å². The summed E-state index contributed by atoms with van der Waals surface area (Å²) in [5.74, 6) is -0.844. The number of carbonyl (C=O) groups is 2. The van der Waals surface area contributed by atoms with Crippen molar-refractivity contribution in [2.24, 2.45) is 0 Å². The molecular weight excluding hydrogens is 444 g/mol. The first-order valence-corrected chi connectivity index (χ1v) is 11.7. The van der Waals surface area contributed by atoms with Crippen LogP contribution in [-0.4, -0.2) is 55.4 Å². The van der Waals surface area contributed by atoms with Crippen molar-refractivity contribution >= 4 is 23.4 Å². The molecule has 1 heterocycles. The Balaban J connectivity index is 1.63. The number of rotatable bonds is 5. The number of ether oxygens (including phenoxy) is 2. The molecule has 0 saturated heterocycles. The van der Waals surface area contributed by atoms with Crippen LogP contribution in [0.5, 0.6) is 0 Å². The lowest BCUT2D eigenvalue weighted by Crippen LogP contribution is -2.51. The number of hydrogen-bond acceptors (Lipinski definition) is 5. The molecule has 0 fully saturated rings. The first-order chi connectivity index (χ1) is 16.0. The molecule has 3 rings (SSSR count). The maximum Gasteiger partial charge on any atom is 0.251 e. The normalized spacial score (nSPS) is 19.0. The number of carbonyl (C=O) groups excluding carboxylic acids is 2. The monoisotopic (exact) mass is 474 g/mol. The molecule has 178 valence electrons. The smallest absolute Gasteiger partial charge is 0.251 e. The summed E-state index contributed by atoms with van der Waals surface area (Å²) >= 11 is 5.90. The van der Waals surface area contributed by atoms with Gasteiger partial charge in [0.2, 0.25) is 0 Å². The van der Waals surface area contributed by atoms with E-state index in [4.69, 9.17) is 21.1 Å².